The summed E-state index contributed by atoms with van der Waals surface area (Å²) in [5.41, 5.74) is 1.58. The average molecular weight is 335 g/mol. The van der Waals surface area contributed by atoms with Crippen molar-refractivity contribution in [3.63, 3.8) is 0 Å². The number of aromatic nitrogens is 1. The first kappa shape index (κ1) is 15.0. The number of carbonyl (C=O) groups excluding carboxylic acids is 1. The van der Waals surface area contributed by atoms with Crippen LogP contribution in [0.5, 0.6) is 0 Å². The summed E-state index contributed by atoms with van der Waals surface area (Å²) >= 11 is 3.59. The highest BCUT2D eigenvalue weighted by Gasteiger charge is 2.10. The molecule has 1 amide bonds. The molecule has 1 N–H and O–H groups in total. The number of carbonyl (C=O) groups is 1. The molecule has 3 nitrogen and oxygen atoms in total. The van der Waals surface area contributed by atoms with Crippen molar-refractivity contribution in [1.29, 1.82) is 0 Å². The lowest BCUT2D eigenvalue weighted by molar-refractivity contribution is 0.0953. The molecule has 1 unspecified atom stereocenters. The molecule has 20 heavy (non-hydrogen) atoms. The van der Waals surface area contributed by atoms with Gasteiger partial charge in [0.1, 0.15) is 0 Å². The quantitative estimate of drug-likeness (QED) is 0.845. The van der Waals surface area contributed by atoms with Crippen LogP contribution in [-0.4, -0.2) is 22.3 Å². The summed E-state index contributed by atoms with van der Waals surface area (Å²) in [6.45, 7) is 4.99. The maximum absolute atomic E-state index is 12.1. The van der Waals surface area contributed by atoms with Crippen LogP contribution in [0.1, 0.15) is 30.6 Å². The Morgan fingerprint density at radius 3 is 2.90 bits per heavy atom. The van der Waals surface area contributed by atoms with Gasteiger partial charge >= 0.3 is 0 Å². The van der Waals surface area contributed by atoms with Crippen LogP contribution >= 0.6 is 15.9 Å². The van der Waals surface area contributed by atoms with Crippen molar-refractivity contribution < 1.29 is 4.79 Å². The minimum Gasteiger partial charge on any atom is -0.351 e. The Hall–Kier alpha value is -1.42. The minimum atomic E-state index is -0.0380. The third kappa shape index (κ3) is 4.04. The summed E-state index contributed by atoms with van der Waals surface area (Å²) in [6.07, 6.45) is 2.80. The molecule has 0 aliphatic heterocycles. The van der Waals surface area contributed by atoms with E-state index in [1.807, 2.05) is 30.3 Å². The molecule has 1 aromatic carbocycles. The second-order valence-electron chi connectivity index (χ2n) is 5.35. The molecule has 106 valence electrons. The highest BCUT2D eigenvalue weighted by Crippen LogP contribution is 2.14. The number of halogens is 1. The molecule has 2 rings (SSSR count). The third-order valence-electron chi connectivity index (χ3n) is 3.08. The van der Waals surface area contributed by atoms with Gasteiger partial charge < -0.3 is 5.32 Å². The van der Waals surface area contributed by atoms with Crippen molar-refractivity contribution >= 4 is 32.7 Å². The molecule has 0 aliphatic carbocycles. The van der Waals surface area contributed by atoms with Crippen molar-refractivity contribution in [3.05, 3.63) is 42.1 Å². The highest BCUT2D eigenvalue weighted by atomic mass is 79.9. The summed E-state index contributed by atoms with van der Waals surface area (Å²) in [5.74, 6) is 0.576. The van der Waals surface area contributed by atoms with Crippen LogP contribution < -0.4 is 5.32 Å². The number of amides is 1. The Bertz CT molecular complexity index is 598. The molecule has 0 spiro atoms. The van der Waals surface area contributed by atoms with Gasteiger partial charge in [-0.3, -0.25) is 9.78 Å². The van der Waals surface area contributed by atoms with Gasteiger partial charge in [-0.05, 0) is 36.6 Å². The molecular formula is C16H19BrN2O. The fourth-order valence-corrected chi connectivity index (χ4v) is 3.03. The molecule has 4 heteroatoms. The Balaban J connectivity index is 2.00. The minimum absolute atomic E-state index is 0.0380. The van der Waals surface area contributed by atoms with E-state index >= 15 is 0 Å². The largest absolute Gasteiger partial charge is 0.351 e. The van der Waals surface area contributed by atoms with Gasteiger partial charge in [0.2, 0.25) is 0 Å². The Morgan fingerprint density at radius 1 is 1.35 bits per heavy atom. The van der Waals surface area contributed by atoms with Crippen LogP contribution in [-0.2, 0) is 0 Å². The van der Waals surface area contributed by atoms with Crippen molar-refractivity contribution in [2.45, 2.75) is 25.1 Å². The smallest absolute Gasteiger partial charge is 0.251 e. The number of benzene rings is 1. The van der Waals surface area contributed by atoms with Gasteiger partial charge in [-0.25, -0.2) is 0 Å². The van der Waals surface area contributed by atoms with Gasteiger partial charge in [0.05, 0.1) is 5.52 Å². The maximum Gasteiger partial charge on any atom is 0.251 e. The van der Waals surface area contributed by atoms with E-state index in [1.54, 1.807) is 6.20 Å². The number of pyridine rings is 1. The predicted octanol–water partition coefficient (Wildman–Crippen LogP) is 3.77. The lowest BCUT2D eigenvalue weighted by Gasteiger charge is -2.13. The topological polar surface area (TPSA) is 42.0 Å². The number of hydrogen-bond acceptors (Lipinski definition) is 2. The molecule has 1 atom stereocenters. The first-order valence-electron chi connectivity index (χ1n) is 6.83. The first-order valence-corrected chi connectivity index (χ1v) is 7.75. The van der Waals surface area contributed by atoms with E-state index in [4.69, 9.17) is 0 Å². The van der Waals surface area contributed by atoms with E-state index in [2.05, 4.69) is 40.1 Å². The SMILES string of the molecule is CC(C)CC(Br)CNC(=O)c1ccc2ncccc2c1. The summed E-state index contributed by atoms with van der Waals surface area (Å²) in [6, 6.07) is 9.41. The summed E-state index contributed by atoms with van der Waals surface area (Å²) in [7, 11) is 0. The lowest BCUT2D eigenvalue weighted by atomic mass is 10.1. The second kappa shape index (κ2) is 6.84. The van der Waals surface area contributed by atoms with Crippen molar-refractivity contribution in [2.24, 2.45) is 5.92 Å². The Kier molecular flexibility index (Phi) is 5.12. The van der Waals surface area contributed by atoms with Crippen LogP contribution in [0.4, 0.5) is 0 Å². The highest BCUT2D eigenvalue weighted by molar-refractivity contribution is 9.09. The first-order chi connectivity index (χ1) is 9.56. The zero-order valence-electron chi connectivity index (χ0n) is 11.8. The van der Waals surface area contributed by atoms with Crippen molar-refractivity contribution in [3.8, 4) is 0 Å². The van der Waals surface area contributed by atoms with Crippen molar-refractivity contribution in [2.75, 3.05) is 6.54 Å². The van der Waals surface area contributed by atoms with Gasteiger partial charge in [-0.1, -0.05) is 35.8 Å². The van der Waals surface area contributed by atoms with E-state index < -0.39 is 0 Å². The Labute approximate surface area is 127 Å². The zero-order valence-corrected chi connectivity index (χ0v) is 13.4. The molecule has 0 bridgehead atoms. The summed E-state index contributed by atoms with van der Waals surface area (Å²) < 4.78 is 0. The van der Waals surface area contributed by atoms with E-state index in [0.29, 0.717) is 22.9 Å². The molecule has 1 heterocycles. The van der Waals surface area contributed by atoms with Crippen LogP contribution in [0.25, 0.3) is 10.9 Å². The van der Waals surface area contributed by atoms with Crippen LogP contribution in [0, 0.1) is 5.92 Å². The maximum atomic E-state index is 12.1. The fourth-order valence-electron chi connectivity index (χ4n) is 2.12. The zero-order chi connectivity index (χ0) is 14.5. The van der Waals surface area contributed by atoms with Gasteiger partial charge in [-0.2, -0.15) is 0 Å². The third-order valence-corrected chi connectivity index (χ3v) is 3.77. The van der Waals surface area contributed by atoms with Gasteiger partial charge in [0, 0.05) is 28.5 Å². The predicted molar refractivity (Wildman–Crippen MR) is 86.2 cm³/mol. The number of alkyl halides is 1. The molecule has 0 saturated heterocycles. The van der Waals surface area contributed by atoms with Crippen LogP contribution in [0.2, 0.25) is 0 Å². The number of rotatable bonds is 5. The lowest BCUT2D eigenvalue weighted by Crippen LogP contribution is -2.30. The van der Waals surface area contributed by atoms with E-state index in [0.717, 1.165) is 17.3 Å². The fraction of sp³-hybridized carbons (Fsp3) is 0.375. The number of fused-ring (bicyclic) bond motifs is 1. The van der Waals surface area contributed by atoms with Crippen LogP contribution in [0.15, 0.2) is 36.5 Å². The second-order valence-corrected chi connectivity index (χ2v) is 6.64. The molecule has 0 saturated carbocycles. The normalized spacial score (nSPS) is 12.6. The van der Waals surface area contributed by atoms with E-state index in [-0.39, 0.29) is 5.91 Å². The van der Waals surface area contributed by atoms with E-state index in [9.17, 15) is 4.79 Å². The number of nitrogens with zero attached hydrogens (tertiary/aromatic N) is 1. The van der Waals surface area contributed by atoms with Gasteiger partial charge in [0.25, 0.3) is 5.91 Å². The van der Waals surface area contributed by atoms with Crippen LogP contribution in [0.3, 0.4) is 0 Å². The molecule has 2 aromatic rings. The summed E-state index contributed by atoms with van der Waals surface area (Å²) in [4.78, 5) is 16.7. The summed E-state index contributed by atoms with van der Waals surface area (Å²) in [5, 5.41) is 3.95. The van der Waals surface area contributed by atoms with Gasteiger partial charge in [-0.15, -0.1) is 0 Å². The van der Waals surface area contributed by atoms with Gasteiger partial charge in [0.15, 0.2) is 0 Å². The molecule has 0 fully saturated rings. The average Bonchev–Trinajstić information content (AvgIpc) is 2.43. The standard InChI is InChI=1S/C16H19BrN2O/c1-11(2)8-14(17)10-19-16(20)13-5-6-15-12(9-13)4-3-7-18-15/h3-7,9,11,14H,8,10H2,1-2H3,(H,19,20). The molecule has 0 aliphatic rings. The van der Waals surface area contributed by atoms with E-state index in [1.165, 1.54) is 0 Å². The molecule has 1 aromatic heterocycles. The number of nitrogens with one attached hydrogen (secondary N) is 1. The Morgan fingerprint density at radius 2 is 2.15 bits per heavy atom. The monoisotopic (exact) mass is 334 g/mol. The van der Waals surface area contributed by atoms with Crippen molar-refractivity contribution in [1.82, 2.24) is 10.3 Å². The molecule has 0 radical (unpaired) electrons. The molecular weight excluding hydrogens is 316 g/mol. The number of hydrogen-bond donors (Lipinski definition) is 1.